The normalized spacial score (nSPS) is 11.2. The van der Waals surface area contributed by atoms with Gasteiger partial charge in [0.15, 0.2) is 0 Å². The number of hydrogen-bond donors (Lipinski definition) is 2. The van der Waals surface area contributed by atoms with Gasteiger partial charge in [-0.05, 0) is 41.8 Å². The summed E-state index contributed by atoms with van der Waals surface area (Å²) < 4.78 is 6.03. The first kappa shape index (κ1) is 15.5. The average molecular weight is 328 g/mol. The molecule has 0 amide bonds. The van der Waals surface area contributed by atoms with Crippen molar-refractivity contribution in [2.24, 2.45) is 0 Å². The first-order valence-corrected chi connectivity index (χ1v) is 8.56. The molecule has 2 aromatic rings. The Morgan fingerprint density at radius 2 is 1.76 bits per heavy atom. The molecule has 0 bridgehead atoms. The zero-order valence-electron chi connectivity index (χ0n) is 14.2. The second-order valence-corrected chi connectivity index (χ2v) is 6.39. The van der Waals surface area contributed by atoms with E-state index in [1.54, 1.807) is 12.1 Å². The second kappa shape index (κ2) is 6.10. The molecule has 3 N–H and O–H groups in total. The van der Waals surface area contributed by atoms with Gasteiger partial charge in [0, 0.05) is 34.3 Å². The Hall–Kier alpha value is -3.07. The molecule has 0 fully saturated rings. The predicted molar refractivity (Wildman–Crippen MR) is 103 cm³/mol. The molecule has 0 unspecified atom stereocenters. The lowest BCUT2D eigenvalue weighted by molar-refractivity contribution is 0.619. The van der Waals surface area contributed by atoms with Gasteiger partial charge in [-0.1, -0.05) is 37.6 Å². The number of nitrogens with one attached hydrogen (secondary N) is 1. The highest BCUT2D eigenvalue weighted by atomic mass is 16.3. The zero-order chi connectivity index (χ0) is 17.4. The van der Waals surface area contributed by atoms with Gasteiger partial charge in [-0.3, -0.25) is 0 Å². The zero-order valence-corrected chi connectivity index (χ0v) is 14.2. The van der Waals surface area contributed by atoms with E-state index >= 15 is 0 Å². The van der Waals surface area contributed by atoms with Crippen LogP contribution in [0.1, 0.15) is 18.9 Å². The predicted octanol–water partition coefficient (Wildman–Crippen LogP) is 5.22. The molecule has 0 spiro atoms. The molecule has 0 atom stereocenters. The van der Waals surface area contributed by atoms with E-state index in [0.29, 0.717) is 16.8 Å². The smallest absolute Gasteiger partial charge is 0.137 e. The van der Waals surface area contributed by atoms with Gasteiger partial charge in [-0.2, -0.15) is 0 Å². The minimum Gasteiger partial charge on any atom is -0.456 e. The Morgan fingerprint density at radius 1 is 0.960 bits per heavy atom. The largest absolute Gasteiger partial charge is 0.456 e. The average Bonchev–Trinajstić information content (AvgIpc) is 2.60. The van der Waals surface area contributed by atoms with Crippen molar-refractivity contribution in [3.8, 4) is 22.5 Å². The Bertz CT molecular complexity index is 1080. The summed E-state index contributed by atoms with van der Waals surface area (Å²) in [6, 6.07) is 20.0. The van der Waals surface area contributed by atoms with Crippen molar-refractivity contribution >= 4 is 16.7 Å². The summed E-state index contributed by atoms with van der Waals surface area (Å²) in [5, 5.41) is 9.36. The lowest BCUT2D eigenvalue weighted by Crippen LogP contribution is -2.00. The maximum atomic E-state index is 7.89. The number of fused-ring (bicyclic) bond motifs is 2. The van der Waals surface area contributed by atoms with Gasteiger partial charge < -0.3 is 15.6 Å². The van der Waals surface area contributed by atoms with E-state index < -0.39 is 0 Å². The first-order chi connectivity index (χ1) is 12.2. The number of anilines is 1. The van der Waals surface area contributed by atoms with E-state index in [2.05, 4.69) is 31.2 Å². The monoisotopic (exact) mass is 328 g/mol. The van der Waals surface area contributed by atoms with Gasteiger partial charge >= 0.3 is 0 Å². The SMILES string of the molecule is CCCc1ccc(-c2c3ccc(=N)cc-3oc3cc(N)ccc23)cc1. The molecule has 0 radical (unpaired) electrons. The third-order valence-corrected chi connectivity index (χ3v) is 4.53. The van der Waals surface area contributed by atoms with E-state index in [0.717, 1.165) is 40.5 Å². The van der Waals surface area contributed by atoms with Gasteiger partial charge in [0.05, 0.1) is 5.36 Å². The molecule has 1 heterocycles. The van der Waals surface area contributed by atoms with Crippen LogP contribution >= 0.6 is 0 Å². The van der Waals surface area contributed by atoms with Crippen molar-refractivity contribution in [2.45, 2.75) is 19.8 Å². The highest BCUT2D eigenvalue weighted by Gasteiger charge is 2.16. The van der Waals surface area contributed by atoms with Crippen LogP contribution in [0.25, 0.3) is 33.4 Å². The van der Waals surface area contributed by atoms with Crippen molar-refractivity contribution in [1.82, 2.24) is 0 Å². The molecule has 0 saturated carbocycles. The summed E-state index contributed by atoms with van der Waals surface area (Å²) in [5.74, 6) is 0.707. The van der Waals surface area contributed by atoms with Crippen LogP contribution in [0, 0.1) is 5.41 Å². The highest BCUT2D eigenvalue weighted by Crippen LogP contribution is 2.40. The summed E-state index contributed by atoms with van der Waals surface area (Å²) in [6.45, 7) is 2.19. The van der Waals surface area contributed by atoms with Crippen molar-refractivity contribution in [3.05, 3.63) is 71.6 Å². The Kier molecular flexibility index (Phi) is 3.77. The van der Waals surface area contributed by atoms with E-state index in [4.69, 9.17) is 15.6 Å². The van der Waals surface area contributed by atoms with Gasteiger partial charge in [0.1, 0.15) is 11.3 Å². The van der Waals surface area contributed by atoms with E-state index in [1.807, 2.05) is 24.3 Å². The topological polar surface area (TPSA) is 63.0 Å². The standard InChI is InChI=1S/C22H20N2O/c1-2-3-14-4-6-15(7-5-14)22-18-10-8-16(23)12-20(18)25-21-13-17(24)9-11-19(21)22/h4-13,23H,2-3,24H2,1H3. The maximum absolute atomic E-state index is 7.89. The number of hydrogen-bond acceptors (Lipinski definition) is 3. The van der Waals surface area contributed by atoms with Crippen LogP contribution in [0.15, 0.2) is 65.1 Å². The fourth-order valence-corrected chi connectivity index (χ4v) is 3.34. The molecule has 3 heteroatoms. The molecular formula is C22H20N2O. The first-order valence-electron chi connectivity index (χ1n) is 8.56. The van der Waals surface area contributed by atoms with Crippen LogP contribution in [-0.2, 0) is 6.42 Å². The summed E-state index contributed by atoms with van der Waals surface area (Å²) >= 11 is 0. The minimum atomic E-state index is 0.434. The van der Waals surface area contributed by atoms with Crippen LogP contribution < -0.4 is 11.1 Å². The maximum Gasteiger partial charge on any atom is 0.137 e. The number of benzene rings is 3. The summed E-state index contributed by atoms with van der Waals surface area (Å²) in [6.07, 6.45) is 2.23. The van der Waals surface area contributed by atoms with Gasteiger partial charge in [0.2, 0.25) is 0 Å². The van der Waals surface area contributed by atoms with Crippen molar-refractivity contribution in [2.75, 3.05) is 5.73 Å². The van der Waals surface area contributed by atoms with Crippen LogP contribution in [0.2, 0.25) is 0 Å². The van der Waals surface area contributed by atoms with Crippen LogP contribution in [0.3, 0.4) is 0 Å². The quantitative estimate of drug-likeness (QED) is 0.400. The molecule has 4 rings (SSSR count). The summed E-state index contributed by atoms with van der Waals surface area (Å²) in [5.41, 5.74) is 12.0. The molecule has 25 heavy (non-hydrogen) atoms. The lowest BCUT2D eigenvalue weighted by atomic mass is 9.93. The summed E-state index contributed by atoms with van der Waals surface area (Å²) in [4.78, 5) is 0. The molecule has 0 saturated heterocycles. The van der Waals surface area contributed by atoms with Gasteiger partial charge in [0.25, 0.3) is 0 Å². The Morgan fingerprint density at radius 3 is 2.52 bits per heavy atom. The molecule has 124 valence electrons. The summed E-state index contributed by atoms with van der Waals surface area (Å²) in [7, 11) is 0. The van der Waals surface area contributed by atoms with Crippen LogP contribution in [0.4, 0.5) is 5.69 Å². The molecule has 1 aliphatic carbocycles. The lowest BCUT2D eigenvalue weighted by Gasteiger charge is -2.15. The Balaban J connectivity index is 2.04. The molecule has 0 aromatic heterocycles. The molecular weight excluding hydrogens is 308 g/mol. The van der Waals surface area contributed by atoms with Crippen LogP contribution in [-0.4, -0.2) is 0 Å². The van der Waals surface area contributed by atoms with Crippen LogP contribution in [0.5, 0.6) is 0 Å². The molecule has 2 aliphatic rings. The number of aryl methyl sites for hydroxylation is 1. The third-order valence-electron chi connectivity index (χ3n) is 4.53. The van der Waals surface area contributed by atoms with E-state index in [1.165, 1.54) is 5.56 Å². The number of nitrogen functional groups attached to an aromatic ring is 1. The minimum absolute atomic E-state index is 0.434. The van der Waals surface area contributed by atoms with Gasteiger partial charge in [-0.25, -0.2) is 0 Å². The Labute approximate surface area is 146 Å². The van der Waals surface area contributed by atoms with Crippen molar-refractivity contribution in [3.63, 3.8) is 0 Å². The number of rotatable bonds is 3. The third kappa shape index (κ3) is 2.78. The number of nitrogens with two attached hydrogens (primary N) is 1. The fraction of sp³-hybridized carbons (Fsp3) is 0.136. The van der Waals surface area contributed by atoms with E-state index in [9.17, 15) is 0 Å². The molecule has 2 aromatic carbocycles. The van der Waals surface area contributed by atoms with Crippen molar-refractivity contribution in [1.29, 1.82) is 5.41 Å². The highest BCUT2D eigenvalue weighted by molar-refractivity contribution is 6.02. The second-order valence-electron chi connectivity index (χ2n) is 6.39. The fourth-order valence-electron chi connectivity index (χ4n) is 3.34. The van der Waals surface area contributed by atoms with E-state index in [-0.39, 0.29) is 0 Å². The van der Waals surface area contributed by atoms with Crippen molar-refractivity contribution < 1.29 is 4.42 Å². The molecule has 1 aliphatic heterocycles. The van der Waals surface area contributed by atoms with Gasteiger partial charge in [-0.15, -0.1) is 0 Å². The molecule has 3 nitrogen and oxygen atoms in total.